The average molecular weight is 488 g/mol. The van der Waals surface area contributed by atoms with Gasteiger partial charge in [-0.2, -0.15) is 0 Å². The van der Waals surface area contributed by atoms with Crippen molar-refractivity contribution in [1.82, 2.24) is 4.57 Å². The van der Waals surface area contributed by atoms with Gasteiger partial charge in [-0.3, -0.25) is 9.36 Å². The Balaban J connectivity index is 1.88. The maximum atomic E-state index is 13.4. The third kappa shape index (κ3) is 5.13. The highest BCUT2D eigenvalue weighted by Gasteiger charge is 2.18. The summed E-state index contributed by atoms with van der Waals surface area (Å²) in [7, 11) is 1.57. The molecular formula is C24H22ClNO6S. The van der Waals surface area contributed by atoms with E-state index in [0.717, 1.165) is 16.7 Å². The van der Waals surface area contributed by atoms with Gasteiger partial charge >= 0.3 is 5.97 Å². The predicted octanol–water partition coefficient (Wildman–Crippen LogP) is 2.66. The topological polar surface area (TPSA) is 76.0 Å². The van der Waals surface area contributed by atoms with Gasteiger partial charge in [0.1, 0.15) is 16.2 Å². The van der Waals surface area contributed by atoms with Gasteiger partial charge in [0.2, 0.25) is 0 Å². The van der Waals surface area contributed by atoms with Crippen LogP contribution in [-0.4, -0.2) is 31.0 Å². The molecule has 0 saturated carbocycles. The van der Waals surface area contributed by atoms with Crippen LogP contribution in [0.2, 0.25) is 5.02 Å². The second kappa shape index (κ2) is 10.2. The number of halogens is 1. The summed E-state index contributed by atoms with van der Waals surface area (Å²) in [6, 6.07) is 10.9. The number of carbonyl (C=O) groups excluding carboxylic acids is 1. The number of carbonyl (C=O) groups is 1. The zero-order valence-corrected chi connectivity index (χ0v) is 19.7. The first-order valence-corrected chi connectivity index (χ1v) is 11.4. The molecule has 2 heterocycles. The van der Waals surface area contributed by atoms with Crippen LogP contribution < -0.4 is 24.2 Å². The second-order valence-corrected chi connectivity index (χ2v) is 8.64. The van der Waals surface area contributed by atoms with Gasteiger partial charge in [0.05, 0.1) is 37.5 Å². The van der Waals surface area contributed by atoms with Crippen LogP contribution in [0.15, 0.2) is 41.2 Å². The molecule has 0 atom stereocenters. The van der Waals surface area contributed by atoms with E-state index in [1.165, 1.54) is 22.0 Å². The summed E-state index contributed by atoms with van der Waals surface area (Å²) in [6.07, 6.45) is 3.08. The standard InChI is InChI=1S/C24H22ClNO6S/c1-3-31-22(27)11-21-26(12-16-8-18(25)9-17-13-30-14-32-23(16)17)24(28)20(33-21)10-15-6-4-5-7-19(15)29-2/h4-11H,3,12-14H2,1-2H3. The molecular weight excluding hydrogens is 466 g/mol. The lowest BCUT2D eigenvalue weighted by atomic mass is 10.1. The number of esters is 1. The van der Waals surface area contributed by atoms with Gasteiger partial charge < -0.3 is 18.9 Å². The molecule has 7 nitrogen and oxygen atoms in total. The van der Waals surface area contributed by atoms with Crippen molar-refractivity contribution in [3.63, 3.8) is 0 Å². The zero-order chi connectivity index (χ0) is 23.4. The van der Waals surface area contributed by atoms with Crippen LogP contribution >= 0.6 is 22.9 Å². The summed E-state index contributed by atoms with van der Waals surface area (Å²) in [5, 5.41) is 0.512. The van der Waals surface area contributed by atoms with Crippen molar-refractivity contribution in [3.8, 4) is 11.5 Å². The van der Waals surface area contributed by atoms with E-state index >= 15 is 0 Å². The molecule has 2 aromatic carbocycles. The Bertz CT molecular complexity index is 1360. The van der Waals surface area contributed by atoms with Crippen molar-refractivity contribution in [2.45, 2.75) is 20.1 Å². The molecule has 9 heteroatoms. The Kier molecular flexibility index (Phi) is 7.17. The number of nitrogens with zero attached hydrogens (tertiary/aromatic N) is 1. The number of rotatable bonds is 6. The fourth-order valence-electron chi connectivity index (χ4n) is 3.55. The Morgan fingerprint density at radius 1 is 1.30 bits per heavy atom. The number of benzene rings is 2. The van der Waals surface area contributed by atoms with Crippen LogP contribution in [0.25, 0.3) is 12.2 Å². The van der Waals surface area contributed by atoms with E-state index < -0.39 is 5.97 Å². The van der Waals surface area contributed by atoms with E-state index in [2.05, 4.69) is 0 Å². The monoisotopic (exact) mass is 487 g/mol. The fourth-order valence-corrected chi connectivity index (χ4v) is 4.83. The molecule has 1 aliphatic heterocycles. The number of hydrogen-bond acceptors (Lipinski definition) is 7. The van der Waals surface area contributed by atoms with Crippen molar-refractivity contribution in [1.29, 1.82) is 0 Å². The van der Waals surface area contributed by atoms with Crippen LogP contribution in [0.5, 0.6) is 11.5 Å². The Morgan fingerprint density at radius 3 is 2.91 bits per heavy atom. The maximum absolute atomic E-state index is 13.4. The van der Waals surface area contributed by atoms with Crippen LogP contribution in [0.4, 0.5) is 0 Å². The Labute approximate surface area is 199 Å². The Hall–Kier alpha value is -3.07. The molecule has 1 aliphatic rings. The minimum atomic E-state index is -0.519. The summed E-state index contributed by atoms with van der Waals surface area (Å²) >= 11 is 7.50. The number of methoxy groups -OCH3 is 1. The summed E-state index contributed by atoms with van der Waals surface area (Å²) < 4.78 is 23.9. The molecule has 33 heavy (non-hydrogen) atoms. The van der Waals surface area contributed by atoms with E-state index in [4.69, 9.17) is 30.5 Å². The minimum absolute atomic E-state index is 0.120. The second-order valence-electron chi connectivity index (χ2n) is 7.14. The van der Waals surface area contributed by atoms with Crippen LogP contribution in [0.1, 0.15) is 23.6 Å². The third-order valence-corrected chi connectivity index (χ3v) is 6.25. The summed E-state index contributed by atoms with van der Waals surface area (Å²) in [6.45, 7) is 2.63. The van der Waals surface area contributed by atoms with Crippen molar-refractivity contribution < 1.29 is 23.7 Å². The van der Waals surface area contributed by atoms with E-state index in [1.54, 1.807) is 32.2 Å². The molecule has 0 fully saturated rings. The van der Waals surface area contributed by atoms with E-state index in [1.807, 2.05) is 24.3 Å². The third-order valence-electron chi connectivity index (χ3n) is 4.97. The van der Waals surface area contributed by atoms with Crippen LogP contribution in [0, 0.1) is 0 Å². The molecule has 0 unspecified atom stereocenters. The maximum Gasteiger partial charge on any atom is 0.333 e. The first-order chi connectivity index (χ1) is 16.0. The van der Waals surface area contributed by atoms with Gasteiger partial charge in [0, 0.05) is 21.7 Å². The fraction of sp³-hybridized carbons (Fsp3) is 0.250. The molecule has 0 saturated heterocycles. The molecule has 0 bridgehead atoms. The SMILES string of the molecule is CCOC(=O)C=c1sc(=Cc2ccccc2OC)c(=O)n1Cc1cc(Cl)cc2c1OCOC2. The minimum Gasteiger partial charge on any atom is -0.496 e. The van der Waals surface area contributed by atoms with Gasteiger partial charge in [-0.1, -0.05) is 29.8 Å². The highest BCUT2D eigenvalue weighted by atomic mass is 35.5. The molecule has 0 spiro atoms. The van der Waals surface area contributed by atoms with E-state index in [-0.39, 0.29) is 25.5 Å². The predicted molar refractivity (Wildman–Crippen MR) is 126 cm³/mol. The summed E-state index contributed by atoms with van der Waals surface area (Å²) in [4.78, 5) is 25.6. The molecule has 3 aromatic rings. The van der Waals surface area contributed by atoms with Crippen LogP contribution in [0.3, 0.4) is 0 Å². The molecule has 0 amide bonds. The lowest BCUT2D eigenvalue weighted by Crippen LogP contribution is -2.32. The van der Waals surface area contributed by atoms with Gasteiger partial charge in [-0.15, -0.1) is 11.3 Å². The lowest BCUT2D eigenvalue weighted by Gasteiger charge is -2.21. The van der Waals surface area contributed by atoms with Gasteiger partial charge in [0.15, 0.2) is 6.79 Å². The first-order valence-electron chi connectivity index (χ1n) is 10.2. The lowest BCUT2D eigenvalue weighted by molar-refractivity contribution is -0.135. The summed E-state index contributed by atoms with van der Waals surface area (Å²) in [5.41, 5.74) is 2.04. The molecule has 4 rings (SSSR count). The van der Waals surface area contributed by atoms with E-state index in [0.29, 0.717) is 32.3 Å². The van der Waals surface area contributed by atoms with Crippen molar-refractivity contribution >= 4 is 41.1 Å². The van der Waals surface area contributed by atoms with Gasteiger partial charge in [0.25, 0.3) is 5.56 Å². The van der Waals surface area contributed by atoms with Crippen molar-refractivity contribution in [2.75, 3.05) is 20.5 Å². The van der Waals surface area contributed by atoms with Gasteiger partial charge in [-0.25, -0.2) is 4.79 Å². The Morgan fingerprint density at radius 2 is 2.12 bits per heavy atom. The molecule has 1 aromatic heterocycles. The van der Waals surface area contributed by atoms with Crippen molar-refractivity contribution in [3.05, 3.63) is 77.7 Å². The molecule has 0 aliphatic carbocycles. The number of aromatic nitrogens is 1. The highest BCUT2D eigenvalue weighted by Crippen LogP contribution is 2.31. The van der Waals surface area contributed by atoms with Gasteiger partial charge in [-0.05, 0) is 31.2 Å². The van der Waals surface area contributed by atoms with Crippen molar-refractivity contribution in [2.24, 2.45) is 0 Å². The molecule has 0 radical (unpaired) electrons. The quantitative estimate of drug-likeness (QED) is 0.498. The van der Waals surface area contributed by atoms with E-state index in [9.17, 15) is 9.59 Å². The number of fused-ring (bicyclic) bond motifs is 1. The summed E-state index contributed by atoms with van der Waals surface area (Å²) in [5.74, 6) is 0.764. The number of para-hydroxylation sites is 1. The molecule has 0 N–H and O–H groups in total. The number of hydrogen-bond donors (Lipinski definition) is 0. The smallest absolute Gasteiger partial charge is 0.333 e. The highest BCUT2D eigenvalue weighted by molar-refractivity contribution is 7.07. The molecule has 172 valence electrons. The largest absolute Gasteiger partial charge is 0.496 e. The van der Waals surface area contributed by atoms with Crippen LogP contribution in [-0.2, 0) is 27.4 Å². The zero-order valence-electron chi connectivity index (χ0n) is 18.1. The first kappa shape index (κ1) is 23.1. The average Bonchev–Trinajstić information content (AvgIpc) is 3.08. The number of ether oxygens (including phenoxy) is 4. The normalized spacial score (nSPS) is 14.0. The number of thiazole rings is 1.